The third kappa shape index (κ3) is 2.42. The Balaban J connectivity index is 1.84. The summed E-state index contributed by atoms with van der Waals surface area (Å²) in [6.07, 6.45) is 1.86. The highest BCUT2D eigenvalue weighted by atomic mass is 19.1. The molecule has 2 rings (SSSR count). The Bertz CT molecular complexity index is 315. The smallest absolute Gasteiger partial charge is 0.214 e. The van der Waals surface area contributed by atoms with E-state index in [0.717, 1.165) is 12.8 Å². The van der Waals surface area contributed by atoms with Crippen LogP contribution in [0.5, 0.6) is 0 Å². The van der Waals surface area contributed by atoms with Gasteiger partial charge in [-0.3, -0.25) is 0 Å². The van der Waals surface area contributed by atoms with Crippen LogP contribution in [0, 0.1) is 11.9 Å². The van der Waals surface area contributed by atoms with E-state index in [0.29, 0.717) is 18.3 Å². The molecule has 1 aliphatic carbocycles. The molecule has 4 heteroatoms. The molecule has 0 spiro atoms. The van der Waals surface area contributed by atoms with Crippen LogP contribution in [-0.2, 0) is 0 Å². The zero-order valence-electron chi connectivity index (χ0n) is 7.78. The highest BCUT2D eigenvalue weighted by Gasteiger charge is 2.29. The number of nitrogens with zero attached hydrogens (tertiary/aromatic N) is 1. The van der Waals surface area contributed by atoms with Gasteiger partial charge >= 0.3 is 0 Å². The maximum absolute atomic E-state index is 12.6. The Kier molecular flexibility index (Phi) is 2.63. The molecule has 1 fully saturated rings. The Labute approximate surface area is 82.0 Å². The van der Waals surface area contributed by atoms with Gasteiger partial charge < -0.3 is 10.4 Å². The van der Waals surface area contributed by atoms with E-state index in [4.69, 9.17) is 0 Å². The topological polar surface area (TPSA) is 45.1 Å². The van der Waals surface area contributed by atoms with Crippen molar-refractivity contribution < 1.29 is 9.50 Å². The van der Waals surface area contributed by atoms with E-state index in [9.17, 15) is 9.50 Å². The van der Waals surface area contributed by atoms with Crippen LogP contribution in [0.25, 0.3) is 0 Å². The van der Waals surface area contributed by atoms with Crippen molar-refractivity contribution in [3.63, 3.8) is 0 Å². The monoisotopic (exact) mass is 196 g/mol. The summed E-state index contributed by atoms with van der Waals surface area (Å²) in [5.74, 6) is 0.400. The van der Waals surface area contributed by atoms with E-state index in [1.54, 1.807) is 12.1 Å². The second kappa shape index (κ2) is 3.92. The van der Waals surface area contributed by atoms with E-state index >= 15 is 0 Å². The minimum absolute atomic E-state index is 0.333. The molecule has 2 N–H and O–H groups in total. The summed E-state index contributed by atoms with van der Waals surface area (Å²) >= 11 is 0. The third-order valence-corrected chi connectivity index (χ3v) is 2.37. The predicted molar refractivity (Wildman–Crippen MR) is 51.4 cm³/mol. The Morgan fingerprint density at radius 3 is 3.00 bits per heavy atom. The first-order valence-corrected chi connectivity index (χ1v) is 4.80. The van der Waals surface area contributed by atoms with Gasteiger partial charge in [-0.1, -0.05) is 6.07 Å². The molecule has 76 valence electrons. The van der Waals surface area contributed by atoms with E-state index in [-0.39, 0.29) is 6.10 Å². The highest BCUT2D eigenvalue weighted by molar-refractivity contribution is 5.33. The minimum Gasteiger partial charge on any atom is -0.391 e. The third-order valence-electron chi connectivity index (χ3n) is 2.37. The van der Waals surface area contributed by atoms with Crippen LogP contribution in [0.2, 0.25) is 0 Å². The molecule has 14 heavy (non-hydrogen) atoms. The molecule has 1 aromatic heterocycles. The van der Waals surface area contributed by atoms with Crippen LogP contribution >= 0.6 is 0 Å². The van der Waals surface area contributed by atoms with Crippen LogP contribution in [0.3, 0.4) is 0 Å². The molecule has 1 unspecified atom stereocenters. The van der Waals surface area contributed by atoms with E-state index in [1.165, 1.54) is 6.07 Å². The summed E-state index contributed by atoms with van der Waals surface area (Å²) < 4.78 is 12.6. The van der Waals surface area contributed by atoms with Crippen LogP contribution < -0.4 is 5.32 Å². The second-order valence-corrected chi connectivity index (χ2v) is 3.63. The summed E-state index contributed by atoms with van der Waals surface area (Å²) in [5.41, 5.74) is 0. The van der Waals surface area contributed by atoms with Crippen molar-refractivity contribution in [1.29, 1.82) is 0 Å². The quantitative estimate of drug-likeness (QED) is 0.715. The number of aliphatic hydroxyl groups is 1. The van der Waals surface area contributed by atoms with Gasteiger partial charge in [0.05, 0.1) is 6.10 Å². The summed E-state index contributed by atoms with van der Waals surface area (Å²) in [6, 6.07) is 4.57. The summed E-state index contributed by atoms with van der Waals surface area (Å²) in [4.78, 5) is 3.64. The van der Waals surface area contributed by atoms with Crippen molar-refractivity contribution in [2.45, 2.75) is 18.9 Å². The van der Waals surface area contributed by atoms with E-state index < -0.39 is 5.95 Å². The first kappa shape index (κ1) is 9.40. The molecule has 1 heterocycles. The van der Waals surface area contributed by atoms with Gasteiger partial charge in [-0.15, -0.1) is 0 Å². The number of pyridine rings is 1. The molecule has 1 aliphatic rings. The zero-order chi connectivity index (χ0) is 9.97. The summed E-state index contributed by atoms with van der Waals surface area (Å²) in [6.45, 7) is 0.446. The Hall–Kier alpha value is -1.16. The van der Waals surface area contributed by atoms with Gasteiger partial charge in [-0.05, 0) is 30.9 Å². The number of aromatic nitrogens is 1. The lowest BCUT2D eigenvalue weighted by atomic mass is 10.2. The number of halogens is 1. The van der Waals surface area contributed by atoms with Gasteiger partial charge in [0, 0.05) is 6.54 Å². The lowest BCUT2D eigenvalue weighted by Crippen LogP contribution is -2.21. The predicted octanol–water partition coefficient (Wildman–Crippen LogP) is 1.40. The lowest BCUT2D eigenvalue weighted by molar-refractivity contribution is 0.164. The number of anilines is 1. The van der Waals surface area contributed by atoms with Crippen LogP contribution in [0.15, 0.2) is 18.2 Å². The average Bonchev–Trinajstić information content (AvgIpc) is 2.97. The zero-order valence-corrected chi connectivity index (χ0v) is 7.78. The van der Waals surface area contributed by atoms with Crippen molar-refractivity contribution in [3.8, 4) is 0 Å². The maximum Gasteiger partial charge on any atom is 0.214 e. The fraction of sp³-hybridized carbons (Fsp3) is 0.500. The van der Waals surface area contributed by atoms with Crippen molar-refractivity contribution >= 4 is 5.82 Å². The minimum atomic E-state index is -0.504. The normalized spacial score (nSPS) is 17.9. The molecule has 0 bridgehead atoms. The first-order valence-electron chi connectivity index (χ1n) is 4.80. The molecular formula is C10H13FN2O. The Morgan fingerprint density at radius 1 is 1.57 bits per heavy atom. The number of nitrogens with one attached hydrogen (secondary N) is 1. The van der Waals surface area contributed by atoms with Gasteiger partial charge in [0.15, 0.2) is 0 Å². The number of hydrogen-bond acceptors (Lipinski definition) is 3. The van der Waals surface area contributed by atoms with Crippen molar-refractivity contribution in [2.24, 2.45) is 5.92 Å². The lowest BCUT2D eigenvalue weighted by Gasteiger charge is -2.10. The average molecular weight is 196 g/mol. The molecule has 0 saturated heterocycles. The van der Waals surface area contributed by atoms with E-state index in [1.807, 2.05) is 0 Å². The van der Waals surface area contributed by atoms with Gasteiger partial charge in [0.2, 0.25) is 5.95 Å². The van der Waals surface area contributed by atoms with Gasteiger partial charge in [0.1, 0.15) is 5.82 Å². The SMILES string of the molecule is OC(CNc1cccc(F)n1)C1CC1. The number of hydrogen-bond donors (Lipinski definition) is 2. The second-order valence-electron chi connectivity index (χ2n) is 3.63. The molecule has 0 aliphatic heterocycles. The largest absolute Gasteiger partial charge is 0.391 e. The van der Waals surface area contributed by atoms with Gasteiger partial charge in [0.25, 0.3) is 0 Å². The molecule has 0 radical (unpaired) electrons. The van der Waals surface area contributed by atoms with Crippen LogP contribution in [0.1, 0.15) is 12.8 Å². The fourth-order valence-electron chi connectivity index (χ4n) is 1.36. The van der Waals surface area contributed by atoms with Crippen molar-refractivity contribution in [2.75, 3.05) is 11.9 Å². The fourth-order valence-corrected chi connectivity index (χ4v) is 1.36. The number of aliphatic hydroxyl groups excluding tert-OH is 1. The van der Waals surface area contributed by atoms with Crippen molar-refractivity contribution in [3.05, 3.63) is 24.1 Å². The van der Waals surface area contributed by atoms with Crippen LogP contribution in [0.4, 0.5) is 10.2 Å². The number of rotatable bonds is 4. The Morgan fingerprint density at radius 2 is 2.36 bits per heavy atom. The molecule has 1 saturated carbocycles. The first-order chi connectivity index (χ1) is 6.75. The maximum atomic E-state index is 12.6. The summed E-state index contributed by atoms with van der Waals surface area (Å²) in [7, 11) is 0. The standard InChI is InChI=1S/C10H13FN2O/c11-9-2-1-3-10(13-9)12-6-8(14)7-4-5-7/h1-3,7-8,14H,4-6H2,(H,12,13). The molecule has 0 amide bonds. The molecule has 0 aromatic carbocycles. The van der Waals surface area contributed by atoms with Crippen LogP contribution in [-0.4, -0.2) is 22.7 Å². The van der Waals surface area contributed by atoms with E-state index in [2.05, 4.69) is 10.3 Å². The molecular weight excluding hydrogens is 183 g/mol. The summed E-state index contributed by atoms with van der Waals surface area (Å²) in [5, 5.41) is 12.4. The van der Waals surface area contributed by atoms with Gasteiger partial charge in [-0.2, -0.15) is 4.39 Å². The molecule has 1 aromatic rings. The highest BCUT2D eigenvalue weighted by Crippen LogP contribution is 2.32. The van der Waals surface area contributed by atoms with Crippen molar-refractivity contribution in [1.82, 2.24) is 4.98 Å². The molecule has 3 nitrogen and oxygen atoms in total. The van der Waals surface area contributed by atoms with Gasteiger partial charge in [-0.25, -0.2) is 4.98 Å². The molecule has 1 atom stereocenters.